The Morgan fingerprint density at radius 2 is 2.29 bits per heavy atom. The van der Waals surface area contributed by atoms with E-state index >= 15 is 0 Å². The normalized spacial score (nSPS) is 12.4. The molecule has 1 heterocycles. The predicted octanol–water partition coefficient (Wildman–Crippen LogP) is 2.31. The third-order valence-corrected chi connectivity index (χ3v) is 3.50. The zero-order chi connectivity index (χ0) is 12.5. The van der Waals surface area contributed by atoms with E-state index in [0.29, 0.717) is 6.42 Å². The maximum absolute atomic E-state index is 11.6. The Labute approximate surface area is 107 Å². The number of thiophene rings is 1. The molecule has 0 fully saturated rings. The third kappa shape index (κ3) is 6.44. The second kappa shape index (κ2) is 8.25. The van der Waals surface area contributed by atoms with E-state index in [1.807, 2.05) is 6.07 Å². The minimum absolute atomic E-state index is 0.158. The molecule has 1 aromatic rings. The number of nitrogens with two attached hydrogens (primary N) is 1. The van der Waals surface area contributed by atoms with Crippen LogP contribution in [0.4, 0.5) is 0 Å². The SMILES string of the molecule is CC(Cc1cccs1)NC(=O)CCCCCN. The van der Waals surface area contributed by atoms with Gasteiger partial charge in [-0.1, -0.05) is 12.5 Å². The van der Waals surface area contributed by atoms with E-state index in [1.165, 1.54) is 4.88 Å². The van der Waals surface area contributed by atoms with Crippen molar-refractivity contribution in [2.24, 2.45) is 5.73 Å². The van der Waals surface area contributed by atoms with Crippen LogP contribution in [0.25, 0.3) is 0 Å². The first-order chi connectivity index (χ1) is 8.22. The van der Waals surface area contributed by atoms with Gasteiger partial charge in [0, 0.05) is 23.8 Å². The van der Waals surface area contributed by atoms with E-state index in [1.54, 1.807) is 11.3 Å². The molecule has 1 atom stereocenters. The highest BCUT2D eigenvalue weighted by molar-refractivity contribution is 7.09. The summed E-state index contributed by atoms with van der Waals surface area (Å²) >= 11 is 1.74. The number of hydrogen-bond donors (Lipinski definition) is 2. The van der Waals surface area contributed by atoms with Gasteiger partial charge >= 0.3 is 0 Å². The van der Waals surface area contributed by atoms with Crippen LogP contribution in [-0.2, 0) is 11.2 Å². The molecule has 1 amide bonds. The summed E-state index contributed by atoms with van der Waals surface area (Å²) in [6.07, 6.45) is 4.54. The van der Waals surface area contributed by atoms with E-state index in [4.69, 9.17) is 5.73 Å². The molecule has 1 unspecified atom stereocenters. The molecule has 4 heteroatoms. The lowest BCUT2D eigenvalue weighted by Gasteiger charge is -2.12. The molecule has 0 aliphatic rings. The largest absolute Gasteiger partial charge is 0.353 e. The molecule has 3 N–H and O–H groups in total. The average molecular weight is 254 g/mol. The Morgan fingerprint density at radius 3 is 2.94 bits per heavy atom. The number of unbranched alkanes of at least 4 members (excludes halogenated alkanes) is 2. The van der Waals surface area contributed by atoms with Crippen molar-refractivity contribution in [3.63, 3.8) is 0 Å². The summed E-state index contributed by atoms with van der Waals surface area (Å²) in [5, 5.41) is 5.10. The van der Waals surface area contributed by atoms with Gasteiger partial charge in [-0.3, -0.25) is 4.79 Å². The molecule has 1 aromatic heterocycles. The summed E-state index contributed by atoms with van der Waals surface area (Å²) in [7, 11) is 0. The van der Waals surface area contributed by atoms with E-state index in [2.05, 4.69) is 23.7 Å². The minimum atomic E-state index is 0.158. The van der Waals surface area contributed by atoms with Gasteiger partial charge in [0.05, 0.1) is 0 Å². The molecule has 96 valence electrons. The van der Waals surface area contributed by atoms with Gasteiger partial charge in [-0.05, 0) is 37.8 Å². The zero-order valence-corrected chi connectivity index (χ0v) is 11.3. The summed E-state index contributed by atoms with van der Waals surface area (Å²) in [6.45, 7) is 2.77. The van der Waals surface area contributed by atoms with Gasteiger partial charge in [0.2, 0.25) is 5.91 Å². The summed E-state index contributed by atoms with van der Waals surface area (Å²) in [4.78, 5) is 12.9. The van der Waals surface area contributed by atoms with Crippen molar-refractivity contribution >= 4 is 17.2 Å². The second-order valence-corrected chi connectivity index (χ2v) is 5.38. The van der Waals surface area contributed by atoms with Gasteiger partial charge in [-0.2, -0.15) is 0 Å². The monoisotopic (exact) mass is 254 g/mol. The Bertz CT molecular complexity index is 311. The first kappa shape index (κ1) is 14.2. The summed E-state index contributed by atoms with van der Waals surface area (Å²) in [5.41, 5.74) is 5.40. The molecule has 0 bridgehead atoms. The van der Waals surface area contributed by atoms with Gasteiger partial charge in [-0.15, -0.1) is 11.3 Å². The van der Waals surface area contributed by atoms with E-state index in [-0.39, 0.29) is 11.9 Å². The van der Waals surface area contributed by atoms with Crippen molar-refractivity contribution in [1.29, 1.82) is 0 Å². The molecular formula is C13H22N2OS. The molecule has 0 aliphatic heterocycles. The van der Waals surface area contributed by atoms with Crippen molar-refractivity contribution < 1.29 is 4.79 Å². The number of amides is 1. The van der Waals surface area contributed by atoms with Crippen LogP contribution in [0.2, 0.25) is 0 Å². The number of hydrogen-bond acceptors (Lipinski definition) is 3. The number of carbonyl (C=O) groups is 1. The first-order valence-electron chi connectivity index (χ1n) is 6.24. The topological polar surface area (TPSA) is 55.1 Å². The lowest BCUT2D eigenvalue weighted by atomic mass is 10.1. The van der Waals surface area contributed by atoms with Gasteiger partial charge in [0.1, 0.15) is 0 Å². The van der Waals surface area contributed by atoms with Crippen LogP contribution in [0.5, 0.6) is 0 Å². The molecule has 3 nitrogen and oxygen atoms in total. The Morgan fingerprint density at radius 1 is 1.47 bits per heavy atom. The minimum Gasteiger partial charge on any atom is -0.353 e. The molecule has 0 aliphatic carbocycles. The van der Waals surface area contributed by atoms with Crippen LogP contribution in [-0.4, -0.2) is 18.5 Å². The van der Waals surface area contributed by atoms with Crippen molar-refractivity contribution in [1.82, 2.24) is 5.32 Å². The van der Waals surface area contributed by atoms with E-state index in [9.17, 15) is 4.79 Å². The van der Waals surface area contributed by atoms with Crippen LogP contribution >= 0.6 is 11.3 Å². The van der Waals surface area contributed by atoms with Crippen molar-refractivity contribution in [3.8, 4) is 0 Å². The fraction of sp³-hybridized carbons (Fsp3) is 0.615. The maximum atomic E-state index is 11.6. The Balaban J connectivity index is 2.13. The fourth-order valence-corrected chi connectivity index (χ4v) is 2.57. The van der Waals surface area contributed by atoms with Gasteiger partial charge in [0.25, 0.3) is 0 Å². The summed E-state index contributed by atoms with van der Waals surface area (Å²) in [6, 6.07) is 4.37. The van der Waals surface area contributed by atoms with Gasteiger partial charge < -0.3 is 11.1 Å². The Kier molecular flexibility index (Phi) is 6.89. The molecule has 0 saturated carbocycles. The average Bonchev–Trinajstić information content (AvgIpc) is 2.77. The van der Waals surface area contributed by atoms with E-state index in [0.717, 1.165) is 32.2 Å². The smallest absolute Gasteiger partial charge is 0.220 e. The third-order valence-electron chi connectivity index (χ3n) is 2.60. The van der Waals surface area contributed by atoms with Crippen LogP contribution in [0, 0.1) is 0 Å². The molecule has 0 saturated heterocycles. The standard InChI is InChI=1S/C13H22N2OS/c1-11(10-12-6-5-9-17-12)15-13(16)7-3-2-4-8-14/h5-6,9,11H,2-4,7-8,10,14H2,1H3,(H,15,16). The molecule has 0 spiro atoms. The summed E-state index contributed by atoms with van der Waals surface area (Å²) in [5.74, 6) is 0.158. The van der Waals surface area contributed by atoms with E-state index < -0.39 is 0 Å². The number of carbonyl (C=O) groups excluding carboxylic acids is 1. The molecule has 0 radical (unpaired) electrons. The highest BCUT2D eigenvalue weighted by atomic mass is 32.1. The van der Waals surface area contributed by atoms with Crippen molar-refractivity contribution in [2.75, 3.05) is 6.54 Å². The number of rotatable bonds is 8. The predicted molar refractivity (Wildman–Crippen MR) is 73.2 cm³/mol. The van der Waals surface area contributed by atoms with Crippen molar-refractivity contribution in [3.05, 3.63) is 22.4 Å². The van der Waals surface area contributed by atoms with Crippen LogP contribution in [0.1, 0.15) is 37.5 Å². The van der Waals surface area contributed by atoms with Crippen LogP contribution in [0.3, 0.4) is 0 Å². The fourth-order valence-electron chi connectivity index (χ4n) is 1.74. The van der Waals surface area contributed by atoms with Gasteiger partial charge in [0.15, 0.2) is 0 Å². The molecule has 1 rings (SSSR count). The van der Waals surface area contributed by atoms with Gasteiger partial charge in [-0.25, -0.2) is 0 Å². The first-order valence-corrected chi connectivity index (χ1v) is 7.12. The number of nitrogens with one attached hydrogen (secondary N) is 1. The zero-order valence-electron chi connectivity index (χ0n) is 10.4. The lowest BCUT2D eigenvalue weighted by Crippen LogP contribution is -2.33. The second-order valence-electron chi connectivity index (χ2n) is 4.35. The highest BCUT2D eigenvalue weighted by Gasteiger charge is 2.08. The van der Waals surface area contributed by atoms with Crippen LogP contribution in [0.15, 0.2) is 17.5 Å². The Hall–Kier alpha value is -0.870. The van der Waals surface area contributed by atoms with Crippen LogP contribution < -0.4 is 11.1 Å². The summed E-state index contributed by atoms with van der Waals surface area (Å²) < 4.78 is 0. The molecule has 17 heavy (non-hydrogen) atoms. The molecular weight excluding hydrogens is 232 g/mol. The quantitative estimate of drug-likeness (QED) is 0.699. The highest BCUT2D eigenvalue weighted by Crippen LogP contribution is 2.11. The van der Waals surface area contributed by atoms with Crippen molar-refractivity contribution in [2.45, 2.75) is 45.1 Å². The maximum Gasteiger partial charge on any atom is 0.220 e. The lowest BCUT2D eigenvalue weighted by molar-refractivity contribution is -0.121. The molecule has 0 aromatic carbocycles.